The number of carbonyl (C=O) groups is 1. The Morgan fingerprint density at radius 1 is 0.933 bits per heavy atom. The molecule has 0 aromatic heterocycles. The number of rotatable bonds is 6. The zero-order valence-electron chi connectivity index (χ0n) is 9.39. The summed E-state index contributed by atoms with van der Waals surface area (Å²) in [4.78, 5) is 10.4. The Bertz CT molecular complexity index is 301. The standard InChI is InChI=1S/C14H18O/c1-3-5-6-7-8-9-10-11-12-14(4-2)13-15/h3,5-13H,4H2,1-2H3. The van der Waals surface area contributed by atoms with Gasteiger partial charge in [0.25, 0.3) is 0 Å². The largest absolute Gasteiger partial charge is 0.298 e. The van der Waals surface area contributed by atoms with E-state index in [2.05, 4.69) is 0 Å². The SMILES string of the molecule is CC=CC=CC=CC=CC=C(C=O)CC. The molecule has 0 heterocycles. The van der Waals surface area contributed by atoms with Crippen LogP contribution in [0, 0.1) is 0 Å². The van der Waals surface area contributed by atoms with Gasteiger partial charge < -0.3 is 0 Å². The van der Waals surface area contributed by atoms with Crippen molar-refractivity contribution in [3.05, 3.63) is 60.3 Å². The highest BCUT2D eigenvalue weighted by Gasteiger charge is 1.84. The van der Waals surface area contributed by atoms with E-state index in [4.69, 9.17) is 0 Å². The maximum Gasteiger partial charge on any atom is 0.146 e. The van der Waals surface area contributed by atoms with E-state index >= 15 is 0 Å². The smallest absolute Gasteiger partial charge is 0.146 e. The summed E-state index contributed by atoms with van der Waals surface area (Å²) >= 11 is 0. The van der Waals surface area contributed by atoms with Crippen LogP contribution in [0.5, 0.6) is 0 Å². The van der Waals surface area contributed by atoms with Crippen LogP contribution in [-0.2, 0) is 4.79 Å². The molecule has 0 saturated carbocycles. The minimum absolute atomic E-state index is 0.777. The quantitative estimate of drug-likeness (QED) is 0.364. The first-order valence-corrected chi connectivity index (χ1v) is 5.12. The van der Waals surface area contributed by atoms with E-state index in [1.165, 1.54) is 0 Å². The van der Waals surface area contributed by atoms with E-state index in [1.807, 2.05) is 68.5 Å². The molecule has 0 unspecified atom stereocenters. The molecule has 0 aromatic rings. The monoisotopic (exact) mass is 202 g/mol. The number of allylic oxidation sites excluding steroid dienone is 10. The second-order valence-corrected chi connectivity index (χ2v) is 2.89. The lowest BCUT2D eigenvalue weighted by Crippen LogP contribution is -1.78. The molecule has 1 heteroatoms. The third-order valence-electron chi connectivity index (χ3n) is 1.73. The van der Waals surface area contributed by atoms with Gasteiger partial charge in [-0.15, -0.1) is 0 Å². The van der Waals surface area contributed by atoms with Crippen LogP contribution >= 0.6 is 0 Å². The molecular formula is C14H18O. The molecule has 0 saturated heterocycles. The molecule has 0 spiro atoms. The summed E-state index contributed by atoms with van der Waals surface area (Å²) in [5, 5.41) is 0. The highest BCUT2D eigenvalue weighted by Crippen LogP contribution is 1.95. The van der Waals surface area contributed by atoms with Crippen molar-refractivity contribution in [3.63, 3.8) is 0 Å². The van der Waals surface area contributed by atoms with Crippen molar-refractivity contribution in [1.82, 2.24) is 0 Å². The van der Waals surface area contributed by atoms with Gasteiger partial charge in [-0.05, 0) is 18.9 Å². The minimum Gasteiger partial charge on any atom is -0.298 e. The lowest BCUT2D eigenvalue weighted by molar-refractivity contribution is -0.105. The van der Waals surface area contributed by atoms with Crippen molar-refractivity contribution in [1.29, 1.82) is 0 Å². The highest BCUT2D eigenvalue weighted by atomic mass is 16.1. The Morgan fingerprint density at radius 2 is 1.47 bits per heavy atom. The van der Waals surface area contributed by atoms with Crippen molar-refractivity contribution in [3.8, 4) is 0 Å². The Kier molecular flexibility index (Phi) is 9.32. The second kappa shape index (κ2) is 10.5. The van der Waals surface area contributed by atoms with Crippen LogP contribution in [0.3, 0.4) is 0 Å². The van der Waals surface area contributed by atoms with E-state index in [-0.39, 0.29) is 0 Å². The highest BCUT2D eigenvalue weighted by molar-refractivity contribution is 5.73. The third kappa shape index (κ3) is 8.69. The fourth-order valence-corrected chi connectivity index (χ4v) is 0.851. The van der Waals surface area contributed by atoms with Gasteiger partial charge in [-0.1, -0.05) is 61.6 Å². The van der Waals surface area contributed by atoms with Gasteiger partial charge in [-0.2, -0.15) is 0 Å². The molecule has 0 atom stereocenters. The molecule has 0 aliphatic rings. The summed E-state index contributed by atoms with van der Waals surface area (Å²) in [6, 6.07) is 0. The van der Waals surface area contributed by atoms with E-state index in [0.717, 1.165) is 18.3 Å². The van der Waals surface area contributed by atoms with Crippen molar-refractivity contribution in [2.24, 2.45) is 0 Å². The van der Waals surface area contributed by atoms with E-state index in [1.54, 1.807) is 0 Å². The van der Waals surface area contributed by atoms with Gasteiger partial charge in [0.15, 0.2) is 0 Å². The normalized spacial score (nSPS) is 13.9. The molecule has 0 fully saturated rings. The maximum absolute atomic E-state index is 10.4. The molecule has 0 N–H and O–H groups in total. The molecule has 15 heavy (non-hydrogen) atoms. The Hall–Kier alpha value is -1.63. The van der Waals surface area contributed by atoms with E-state index < -0.39 is 0 Å². The summed E-state index contributed by atoms with van der Waals surface area (Å²) in [6.45, 7) is 3.94. The zero-order valence-corrected chi connectivity index (χ0v) is 9.39. The molecule has 0 rings (SSSR count). The molecule has 0 aliphatic carbocycles. The Balaban J connectivity index is 3.99. The lowest BCUT2D eigenvalue weighted by atomic mass is 10.2. The van der Waals surface area contributed by atoms with Gasteiger partial charge in [-0.25, -0.2) is 0 Å². The predicted molar refractivity (Wildman–Crippen MR) is 66.7 cm³/mol. The first-order valence-electron chi connectivity index (χ1n) is 5.12. The van der Waals surface area contributed by atoms with Crippen molar-refractivity contribution < 1.29 is 4.79 Å². The molecular weight excluding hydrogens is 184 g/mol. The van der Waals surface area contributed by atoms with E-state index in [9.17, 15) is 4.79 Å². The first-order chi connectivity index (χ1) is 7.35. The maximum atomic E-state index is 10.4. The topological polar surface area (TPSA) is 17.1 Å². The molecule has 0 bridgehead atoms. The summed E-state index contributed by atoms with van der Waals surface area (Å²) in [6.07, 6.45) is 19.0. The first kappa shape index (κ1) is 13.4. The van der Waals surface area contributed by atoms with E-state index in [0.29, 0.717) is 0 Å². The molecule has 0 aromatic carbocycles. The van der Waals surface area contributed by atoms with Crippen LogP contribution in [0.4, 0.5) is 0 Å². The van der Waals surface area contributed by atoms with Gasteiger partial charge in [0, 0.05) is 0 Å². The average Bonchev–Trinajstić information content (AvgIpc) is 2.27. The van der Waals surface area contributed by atoms with Gasteiger partial charge in [0.1, 0.15) is 6.29 Å². The second-order valence-electron chi connectivity index (χ2n) is 2.89. The van der Waals surface area contributed by atoms with Crippen molar-refractivity contribution in [2.75, 3.05) is 0 Å². The van der Waals surface area contributed by atoms with Crippen LogP contribution in [0.25, 0.3) is 0 Å². The summed E-state index contributed by atoms with van der Waals surface area (Å²) in [5.41, 5.74) is 0.809. The minimum atomic E-state index is 0.777. The molecule has 0 amide bonds. The third-order valence-corrected chi connectivity index (χ3v) is 1.73. The number of hydrogen-bond donors (Lipinski definition) is 0. The molecule has 0 aliphatic heterocycles. The van der Waals surface area contributed by atoms with Crippen molar-refractivity contribution in [2.45, 2.75) is 20.3 Å². The number of aldehydes is 1. The number of carbonyl (C=O) groups excluding carboxylic acids is 1. The average molecular weight is 202 g/mol. The van der Waals surface area contributed by atoms with Crippen LogP contribution in [0.2, 0.25) is 0 Å². The van der Waals surface area contributed by atoms with Gasteiger partial charge in [-0.3, -0.25) is 4.79 Å². The van der Waals surface area contributed by atoms with Crippen LogP contribution < -0.4 is 0 Å². The lowest BCUT2D eigenvalue weighted by Gasteiger charge is -1.86. The summed E-state index contributed by atoms with van der Waals surface area (Å²) in [7, 11) is 0. The van der Waals surface area contributed by atoms with Crippen molar-refractivity contribution >= 4 is 6.29 Å². The summed E-state index contributed by atoms with van der Waals surface area (Å²) < 4.78 is 0. The number of hydrogen-bond acceptors (Lipinski definition) is 1. The van der Waals surface area contributed by atoms with Gasteiger partial charge in [0.05, 0.1) is 0 Å². The fourth-order valence-electron chi connectivity index (χ4n) is 0.851. The zero-order chi connectivity index (χ0) is 11.4. The van der Waals surface area contributed by atoms with Crippen LogP contribution in [0.15, 0.2) is 60.3 Å². The van der Waals surface area contributed by atoms with Crippen LogP contribution in [0.1, 0.15) is 20.3 Å². The van der Waals surface area contributed by atoms with Gasteiger partial charge >= 0.3 is 0 Å². The van der Waals surface area contributed by atoms with Crippen LogP contribution in [-0.4, -0.2) is 6.29 Å². The predicted octanol–water partition coefficient (Wildman–Crippen LogP) is 3.77. The molecule has 1 nitrogen and oxygen atoms in total. The Labute approximate surface area is 92.2 Å². The van der Waals surface area contributed by atoms with Gasteiger partial charge in [0.2, 0.25) is 0 Å². The Morgan fingerprint density at radius 3 is 1.93 bits per heavy atom. The summed E-state index contributed by atoms with van der Waals surface area (Å²) in [5.74, 6) is 0. The molecule has 0 radical (unpaired) electrons. The molecule has 80 valence electrons. The fraction of sp³-hybridized carbons (Fsp3) is 0.214.